The Morgan fingerprint density at radius 3 is 2.87 bits per heavy atom. The highest BCUT2D eigenvalue weighted by molar-refractivity contribution is 5.67. The molecule has 0 heterocycles. The summed E-state index contributed by atoms with van der Waals surface area (Å²) in [7, 11) is 0. The second-order valence-corrected chi connectivity index (χ2v) is 3.19. The van der Waals surface area contributed by atoms with Crippen molar-refractivity contribution < 1.29 is 14.6 Å². The molecule has 0 radical (unpaired) electrons. The van der Waals surface area contributed by atoms with Gasteiger partial charge in [0.05, 0.1) is 6.61 Å². The fourth-order valence-electron chi connectivity index (χ4n) is 1.18. The highest BCUT2D eigenvalue weighted by Crippen LogP contribution is 2.16. The number of amides is 1. The van der Waals surface area contributed by atoms with Crippen LogP contribution in [-0.4, -0.2) is 17.8 Å². The zero-order valence-electron chi connectivity index (χ0n) is 8.91. The molecule has 1 rings (SSSR count). The number of carbonyl (C=O) groups is 1. The lowest BCUT2D eigenvalue weighted by atomic mass is 10.1. The highest BCUT2D eigenvalue weighted by Gasteiger charge is 2.01. The van der Waals surface area contributed by atoms with Gasteiger partial charge in [-0.25, -0.2) is 4.79 Å². The lowest BCUT2D eigenvalue weighted by Crippen LogP contribution is -2.23. The Hall–Kier alpha value is -1.71. The van der Waals surface area contributed by atoms with Gasteiger partial charge in [-0.15, -0.1) is 0 Å². The van der Waals surface area contributed by atoms with Gasteiger partial charge in [0.25, 0.3) is 0 Å². The summed E-state index contributed by atoms with van der Waals surface area (Å²) < 4.78 is 4.72. The molecule has 0 atom stereocenters. The van der Waals surface area contributed by atoms with E-state index >= 15 is 0 Å². The summed E-state index contributed by atoms with van der Waals surface area (Å²) in [4.78, 5) is 11.0. The maximum atomic E-state index is 11.0. The number of hydrogen-bond acceptors (Lipinski definition) is 3. The van der Waals surface area contributed by atoms with Crippen molar-refractivity contribution in [2.24, 2.45) is 0 Å². The summed E-state index contributed by atoms with van der Waals surface area (Å²) >= 11 is 0. The van der Waals surface area contributed by atoms with Crippen LogP contribution in [0.3, 0.4) is 0 Å². The Labute approximate surface area is 88.9 Å². The van der Waals surface area contributed by atoms with Crippen LogP contribution >= 0.6 is 0 Å². The Balaban J connectivity index is 2.51. The van der Waals surface area contributed by atoms with Crippen molar-refractivity contribution in [1.82, 2.24) is 5.32 Å². The second kappa shape index (κ2) is 5.24. The van der Waals surface area contributed by atoms with Crippen molar-refractivity contribution in [3.05, 3.63) is 29.3 Å². The maximum absolute atomic E-state index is 11.0. The van der Waals surface area contributed by atoms with Crippen LogP contribution < -0.4 is 5.32 Å². The lowest BCUT2D eigenvalue weighted by molar-refractivity contribution is 0.151. The van der Waals surface area contributed by atoms with E-state index < -0.39 is 6.09 Å². The van der Waals surface area contributed by atoms with Gasteiger partial charge in [-0.3, -0.25) is 0 Å². The summed E-state index contributed by atoms with van der Waals surface area (Å²) in [6, 6.07) is 5.19. The van der Waals surface area contributed by atoms with E-state index in [0.29, 0.717) is 13.2 Å². The first-order valence-corrected chi connectivity index (χ1v) is 4.82. The maximum Gasteiger partial charge on any atom is 0.407 e. The minimum absolute atomic E-state index is 0.259. The third-order valence-electron chi connectivity index (χ3n) is 1.97. The first-order chi connectivity index (χ1) is 7.13. The molecule has 0 aliphatic rings. The van der Waals surface area contributed by atoms with E-state index in [1.807, 2.05) is 13.0 Å². The van der Waals surface area contributed by atoms with Gasteiger partial charge < -0.3 is 15.2 Å². The Morgan fingerprint density at radius 2 is 2.27 bits per heavy atom. The minimum atomic E-state index is -0.428. The normalized spacial score (nSPS) is 9.73. The van der Waals surface area contributed by atoms with Crippen molar-refractivity contribution in [3.8, 4) is 5.75 Å². The second-order valence-electron chi connectivity index (χ2n) is 3.19. The lowest BCUT2D eigenvalue weighted by Gasteiger charge is -2.06. The monoisotopic (exact) mass is 209 g/mol. The molecule has 1 aromatic carbocycles. The zero-order valence-corrected chi connectivity index (χ0v) is 8.91. The molecule has 1 amide bonds. The van der Waals surface area contributed by atoms with E-state index in [4.69, 9.17) is 4.74 Å². The fourth-order valence-corrected chi connectivity index (χ4v) is 1.18. The number of benzene rings is 1. The van der Waals surface area contributed by atoms with E-state index in [1.54, 1.807) is 19.1 Å². The number of carbonyl (C=O) groups excluding carboxylic acids is 1. The number of alkyl carbamates (subject to hydrolysis) is 1. The number of phenolic OH excluding ortho intramolecular Hbond substituents is 1. The van der Waals surface area contributed by atoms with E-state index in [1.165, 1.54) is 0 Å². The number of phenols is 1. The molecule has 0 spiro atoms. The third-order valence-corrected chi connectivity index (χ3v) is 1.97. The highest BCUT2D eigenvalue weighted by atomic mass is 16.5. The van der Waals surface area contributed by atoms with E-state index in [2.05, 4.69) is 5.32 Å². The van der Waals surface area contributed by atoms with Crippen LogP contribution in [0.5, 0.6) is 5.75 Å². The molecule has 4 heteroatoms. The van der Waals surface area contributed by atoms with Crippen LogP contribution in [0.25, 0.3) is 0 Å². The van der Waals surface area contributed by atoms with Gasteiger partial charge in [0.2, 0.25) is 0 Å². The molecule has 0 unspecified atom stereocenters. The van der Waals surface area contributed by atoms with Crippen LogP contribution in [0.4, 0.5) is 4.79 Å². The molecule has 2 N–H and O–H groups in total. The largest absolute Gasteiger partial charge is 0.508 e. The number of ether oxygens (including phenoxy) is 1. The molecule has 0 aliphatic carbocycles. The topological polar surface area (TPSA) is 58.6 Å². The van der Waals surface area contributed by atoms with E-state index in [0.717, 1.165) is 11.1 Å². The molecule has 0 bridgehead atoms. The van der Waals surface area contributed by atoms with Gasteiger partial charge in [0, 0.05) is 6.54 Å². The molecule has 0 aliphatic heterocycles. The Kier molecular flexibility index (Phi) is 3.97. The van der Waals surface area contributed by atoms with Gasteiger partial charge in [-0.1, -0.05) is 12.1 Å². The molecule has 4 nitrogen and oxygen atoms in total. The van der Waals surface area contributed by atoms with E-state index in [-0.39, 0.29) is 5.75 Å². The molecule has 0 saturated heterocycles. The predicted octanol–water partition coefficient (Wildman–Crippen LogP) is 1.95. The molecular formula is C11H15NO3. The first kappa shape index (κ1) is 11.4. The fraction of sp³-hybridized carbons (Fsp3) is 0.364. The van der Waals surface area contributed by atoms with Gasteiger partial charge in [0.15, 0.2) is 0 Å². The smallest absolute Gasteiger partial charge is 0.407 e. The van der Waals surface area contributed by atoms with Gasteiger partial charge in [-0.2, -0.15) is 0 Å². The summed E-state index contributed by atoms with van der Waals surface area (Å²) in [6.07, 6.45) is -0.428. The van der Waals surface area contributed by atoms with Crippen molar-refractivity contribution >= 4 is 6.09 Å². The van der Waals surface area contributed by atoms with Crippen molar-refractivity contribution in [2.75, 3.05) is 6.61 Å². The average Bonchev–Trinajstić information content (AvgIpc) is 2.20. The molecular weight excluding hydrogens is 194 g/mol. The molecule has 0 saturated carbocycles. The zero-order chi connectivity index (χ0) is 11.3. The molecule has 82 valence electrons. The standard InChI is InChI=1S/C11H15NO3/c1-3-15-11(14)12-7-9-4-5-10(13)8(2)6-9/h4-6,13H,3,7H2,1-2H3,(H,12,14). The first-order valence-electron chi connectivity index (χ1n) is 4.82. The predicted molar refractivity (Wildman–Crippen MR) is 56.7 cm³/mol. The van der Waals surface area contributed by atoms with Crippen LogP contribution in [0.15, 0.2) is 18.2 Å². The number of aryl methyl sites for hydroxylation is 1. The summed E-state index contributed by atoms with van der Waals surface area (Å²) in [5, 5.41) is 11.9. The van der Waals surface area contributed by atoms with Crippen LogP contribution in [0.2, 0.25) is 0 Å². The van der Waals surface area contributed by atoms with E-state index in [9.17, 15) is 9.90 Å². The minimum Gasteiger partial charge on any atom is -0.508 e. The SMILES string of the molecule is CCOC(=O)NCc1ccc(O)c(C)c1. The van der Waals surface area contributed by atoms with Crippen molar-refractivity contribution in [3.63, 3.8) is 0 Å². The molecule has 1 aromatic rings. The summed E-state index contributed by atoms with van der Waals surface area (Å²) in [6.45, 7) is 4.33. The van der Waals surface area contributed by atoms with Crippen molar-refractivity contribution in [2.45, 2.75) is 20.4 Å². The average molecular weight is 209 g/mol. The van der Waals surface area contributed by atoms with Crippen LogP contribution in [0.1, 0.15) is 18.1 Å². The number of rotatable bonds is 3. The van der Waals surface area contributed by atoms with Gasteiger partial charge in [0.1, 0.15) is 5.75 Å². The Bertz CT molecular complexity index is 350. The molecule has 15 heavy (non-hydrogen) atoms. The Morgan fingerprint density at radius 1 is 1.53 bits per heavy atom. The number of nitrogens with one attached hydrogen (secondary N) is 1. The number of hydrogen-bond donors (Lipinski definition) is 2. The van der Waals surface area contributed by atoms with Gasteiger partial charge in [-0.05, 0) is 31.0 Å². The van der Waals surface area contributed by atoms with Gasteiger partial charge >= 0.3 is 6.09 Å². The molecule has 0 fully saturated rings. The molecule has 0 aromatic heterocycles. The number of aromatic hydroxyl groups is 1. The van der Waals surface area contributed by atoms with Crippen molar-refractivity contribution in [1.29, 1.82) is 0 Å². The summed E-state index contributed by atoms with van der Waals surface area (Å²) in [5.74, 6) is 0.259. The third kappa shape index (κ3) is 3.50. The summed E-state index contributed by atoms with van der Waals surface area (Å²) in [5.41, 5.74) is 1.72. The van der Waals surface area contributed by atoms with Crippen LogP contribution in [0, 0.1) is 6.92 Å². The van der Waals surface area contributed by atoms with Crippen LogP contribution in [-0.2, 0) is 11.3 Å². The quantitative estimate of drug-likeness (QED) is 0.799.